The molecule has 0 fully saturated rings. The first-order valence-electron chi connectivity index (χ1n) is 3.58. The maximum atomic E-state index is 10.8. The molecule has 0 radical (unpaired) electrons. The maximum absolute atomic E-state index is 10.8. The van der Waals surface area contributed by atoms with E-state index in [1.165, 1.54) is 0 Å². The van der Waals surface area contributed by atoms with Gasteiger partial charge in [0.05, 0.1) is 0 Å². The molecule has 0 heterocycles. The van der Waals surface area contributed by atoms with Gasteiger partial charge in [0.15, 0.2) is 0 Å². The molecule has 66 valence electrons. The second-order valence-electron chi connectivity index (χ2n) is 2.14. The van der Waals surface area contributed by atoms with E-state index in [-0.39, 0.29) is 13.4 Å². The van der Waals surface area contributed by atoms with E-state index in [1.807, 2.05) is 18.2 Å². The van der Waals surface area contributed by atoms with Crippen molar-refractivity contribution in [1.82, 2.24) is 0 Å². The van der Waals surface area contributed by atoms with Crippen LogP contribution in [0.2, 0.25) is 0 Å². The molecule has 1 rings (SSSR count). The van der Waals surface area contributed by atoms with Crippen LogP contribution in [-0.2, 0) is 4.79 Å². The molecule has 0 aliphatic heterocycles. The Hall–Kier alpha value is -1.31. The predicted octanol–water partition coefficient (Wildman–Crippen LogP) is 2.64. The largest absolute Gasteiger partial charge is 0.427 e. The molecule has 1 aromatic rings. The summed E-state index contributed by atoms with van der Waals surface area (Å²) in [5.74, 6) is 0.413. The molecule has 0 atom stereocenters. The van der Waals surface area contributed by atoms with Crippen LogP contribution < -0.4 is 4.74 Å². The summed E-state index contributed by atoms with van der Waals surface area (Å²) >= 11 is 0. The number of esters is 1. The highest BCUT2D eigenvalue weighted by Crippen LogP contribution is 2.08. The van der Waals surface area contributed by atoms with Crippen LogP contribution in [-0.4, -0.2) is 5.97 Å². The van der Waals surface area contributed by atoms with Crippen molar-refractivity contribution in [1.29, 1.82) is 0 Å². The number of benzene rings is 1. The molecule has 2 nitrogen and oxygen atoms in total. The number of para-hydroxylation sites is 1. The summed E-state index contributed by atoms with van der Waals surface area (Å²) in [5, 5.41) is 0. The van der Waals surface area contributed by atoms with Gasteiger partial charge < -0.3 is 4.74 Å². The summed E-state index contributed by atoms with van der Waals surface area (Å²) in [6.07, 6.45) is 0.412. The molecule has 0 N–H and O–H groups in total. The third-order valence-electron chi connectivity index (χ3n) is 1.26. The topological polar surface area (TPSA) is 26.3 Å². The van der Waals surface area contributed by atoms with Gasteiger partial charge in [0.2, 0.25) is 0 Å². The highest BCUT2D eigenvalue weighted by Gasteiger charge is 1.98. The van der Waals surface area contributed by atoms with Gasteiger partial charge in [-0.3, -0.25) is 4.79 Å². The average molecular weight is 166 g/mol. The zero-order valence-corrected chi connectivity index (χ0v) is 6.41. The van der Waals surface area contributed by atoms with E-state index in [0.717, 1.165) is 0 Å². The second-order valence-corrected chi connectivity index (χ2v) is 2.14. The van der Waals surface area contributed by atoms with Crippen molar-refractivity contribution in [3.8, 4) is 5.75 Å². The van der Waals surface area contributed by atoms with Crippen molar-refractivity contribution in [3.05, 3.63) is 30.3 Å². The number of carbonyl (C=O) groups excluding carboxylic acids is 1. The van der Waals surface area contributed by atoms with Crippen molar-refractivity contribution < 1.29 is 9.53 Å². The molecule has 0 saturated heterocycles. The Bertz CT molecular complexity index is 229. The monoisotopic (exact) mass is 166 g/mol. The van der Waals surface area contributed by atoms with Gasteiger partial charge in [-0.1, -0.05) is 32.5 Å². The lowest BCUT2D eigenvalue weighted by molar-refractivity contribution is -0.134. The van der Waals surface area contributed by atoms with E-state index in [0.29, 0.717) is 12.2 Å². The van der Waals surface area contributed by atoms with Gasteiger partial charge in [-0.2, -0.15) is 0 Å². The summed E-state index contributed by atoms with van der Waals surface area (Å²) in [6, 6.07) is 9.06. The van der Waals surface area contributed by atoms with Crippen LogP contribution in [0.5, 0.6) is 5.75 Å². The van der Waals surface area contributed by atoms with Gasteiger partial charge in [0, 0.05) is 6.42 Å². The van der Waals surface area contributed by atoms with Crippen molar-refractivity contribution in [2.45, 2.75) is 20.8 Å². The summed E-state index contributed by atoms with van der Waals surface area (Å²) in [5.41, 5.74) is 0. The van der Waals surface area contributed by atoms with Gasteiger partial charge in [0.25, 0.3) is 0 Å². The molecule has 0 aliphatic rings. The fraction of sp³-hybridized carbons (Fsp3) is 0.300. The Labute approximate surface area is 73.2 Å². The number of ether oxygens (including phenoxy) is 1. The first-order chi connectivity index (χ1) is 5.33. The van der Waals surface area contributed by atoms with Crippen molar-refractivity contribution in [3.63, 3.8) is 0 Å². The van der Waals surface area contributed by atoms with Crippen molar-refractivity contribution in [2.75, 3.05) is 0 Å². The van der Waals surface area contributed by atoms with E-state index in [1.54, 1.807) is 19.1 Å². The molecule has 1 aromatic carbocycles. The Morgan fingerprint density at radius 1 is 1.33 bits per heavy atom. The molecule has 0 unspecified atom stereocenters. The lowest BCUT2D eigenvalue weighted by atomic mass is 10.3. The molecule has 0 aliphatic carbocycles. The molecular weight excluding hydrogens is 152 g/mol. The smallest absolute Gasteiger partial charge is 0.310 e. The van der Waals surface area contributed by atoms with E-state index in [4.69, 9.17) is 4.74 Å². The van der Waals surface area contributed by atoms with Crippen LogP contribution in [0.15, 0.2) is 30.3 Å². The number of hydrogen-bond donors (Lipinski definition) is 0. The van der Waals surface area contributed by atoms with E-state index >= 15 is 0 Å². The normalized spacial score (nSPS) is 8.42. The summed E-state index contributed by atoms with van der Waals surface area (Å²) < 4.78 is 4.92. The lowest BCUT2D eigenvalue weighted by Gasteiger charge is -1.99. The van der Waals surface area contributed by atoms with Crippen molar-refractivity contribution >= 4 is 5.97 Å². The molecule has 12 heavy (non-hydrogen) atoms. The van der Waals surface area contributed by atoms with Gasteiger partial charge in [0.1, 0.15) is 5.75 Å². The fourth-order valence-electron chi connectivity index (χ4n) is 0.692. The highest BCUT2D eigenvalue weighted by molar-refractivity contribution is 5.71. The Morgan fingerprint density at radius 2 is 1.92 bits per heavy atom. The zero-order chi connectivity index (χ0) is 8.10. The molecule has 0 bridgehead atoms. The molecule has 0 saturated carbocycles. The van der Waals surface area contributed by atoms with E-state index in [2.05, 4.69) is 0 Å². The quantitative estimate of drug-likeness (QED) is 0.498. The minimum absolute atomic E-state index is 0. The molecule has 0 aromatic heterocycles. The van der Waals surface area contributed by atoms with Crippen LogP contribution in [0.4, 0.5) is 0 Å². The van der Waals surface area contributed by atoms with Gasteiger partial charge in [-0.15, -0.1) is 0 Å². The molecular formula is C10H14O2. The third kappa shape index (κ3) is 3.19. The van der Waals surface area contributed by atoms with Gasteiger partial charge in [-0.25, -0.2) is 0 Å². The van der Waals surface area contributed by atoms with Crippen LogP contribution in [0.1, 0.15) is 20.8 Å². The van der Waals surface area contributed by atoms with Gasteiger partial charge in [-0.05, 0) is 12.1 Å². The first-order valence-corrected chi connectivity index (χ1v) is 3.58. The van der Waals surface area contributed by atoms with Crippen LogP contribution >= 0.6 is 0 Å². The van der Waals surface area contributed by atoms with Crippen LogP contribution in [0, 0.1) is 0 Å². The summed E-state index contributed by atoms with van der Waals surface area (Å²) in [7, 11) is 0. The minimum Gasteiger partial charge on any atom is -0.427 e. The summed E-state index contributed by atoms with van der Waals surface area (Å²) in [4.78, 5) is 10.8. The van der Waals surface area contributed by atoms with Crippen molar-refractivity contribution in [2.24, 2.45) is 0 Å². The Kier molecular flexibility index (Phi) is 4.77. The van der Waals surface area contributed by atoms with Gasteiger partial charge >= 0.3 is 5.97 Å². The zero-order valence-electron chi connectivity index (χ0n) is 6.41. The van der Waals surface area contributed by atoms with E-state index in [9.17, 15) is 4.79 Å². The SMILES string of the molecule is C.CCC(=O)Oc1ccccc1. The first kappa shape index (κ1) is 10.7. The number of rotatable bonds is 2. The maximum Gasteiger partial charge on any atom is 0.310 e. The van der Waals surface area contributed by atoms with Crippen LogP contribution in [0.3, 0.4) is 0 Å². The second kappa shape index (κ2) is 5.35. The van der Waals surface area contributed by atoms with E-state index < -0.39 is 0 Å². The number of carbonyl (C=O) groups is 1. The standard InChI is InChI=1S/C9H10O2.CH4/c1-2-9(10)11-8-6-4-3-5-7-8;/h3-7H,2H2,1H3;1H4. The third-order valence-corrected chi connectivity index (χ3v) is 1.26. The predicted molar refractivity (Wildman–Crippen MR) is 49.1 cm³/mol. The average Bonchev–Trinajstić information content (AvgIpc) is 2.06. The molecule has 2 heteroatoms. The Balaban J connectivity index is 0.00000121. The summed E-state index contributed by atoms with van der Waals surface area (Å²) in [6.45, 7) is 1.77. The minimum atomic E-state index is -0.198. The van der Waals surface area contributed by atoms with Crippen LogP contribution in [0.25, 0.3) is 0 Å². The number of hydrogen-bond acceptors (Lipinski definition) is 2. The fourth-order valence-corrected chi connectivity index (χ4v) is 0.692. The highest BCUT2D eigenvalue weighted by atomic mass is 16.5. The Morgan fingerprint density at radius 3 is 2.42 bits per heavy atom. The molecule has 0 amide bonds. The lowest BCUT2D eigenvalue weighted by Crippen LogP contribution is -2.04. The molecule has 0 spiro atoms.